The minimum atomic E-state index is 0.290. The predicted molar refractivity (Wildman–Crippen MR) is 87.5 cm³/mol. The third-order valence-electron chi connectivity index (χ3n) is 4.06. The third kappa shape index (κ3) is 4.97. The largest absolute Gasteiger partial charge is 0.396 e. The van der Waals surface area contributed by atoms with Crippen molar-refractivity contribution in [2.75, 3.05) is 24.6 Å². The number of aliphatic hydroxyl groups excluding tert-OH is 1. The van der Waals surface area contributed by atoms with Crippen LogP contribution in [-0.4, -0.2) is 35.8 Å². The van der Waals surface area contributed by atoms with Crippen LogP contribution in [0, 0.1) is 5.92 Å². The molecule has 118 valence electrons. The summed E-state index contributed by atoms with van der Waals surface area (Å²) in [5.74, 6) is 1.76. The highest BCUT2D eigenvalue weighted by Crippen LogP contribution is 2.26. The second kappa shape index (κ2) is 8.35. The van der Waals surface area contributed by atoms with E-state index in [0.717, 1.165) is 38.3 Å². The fourth-order valence-electron chi connectivity index (χ4n) is 2.96. The van der Waals surface area contributed by atoms with Crippen molar-refractivity contribution in [3.8, 4) is 0 Å². The molecule has 0 aromatic carbocycles. The lowest BCUT2D eigenvalue weighted by Gasteiger charge is -2.25. The molecule has 1 unspecified atom stereocenters. The summed E-state index contributed by atoms with van der Waals surface area (Å²) in [6, 6.07) is 4.87. The molecule has 0 aliphatic carbocycles. The summed E-state index contributed by atoms with van der Waals surface area (Å²) in [6.07, 6.45) is 6.40. The van der Waals surface area contributed by atoms with Crippen LogP contribution in [-0.2, 0) is 6.54 Å². The zero-order chi connectivity index (χ0) is 15.1. The summed E-state index contributed by atoms with van der Waals surface area (Å²) in [4.78, 5) is 7.04. The first-order chi connectivity index (χ1) is 10.2. The van der Waals surface area contributed by atoms with Crippen LogP contribution in [0.5, 0.6) is 0 Å². The van der Waals surface area contributed by atoms with Crippen molar-refractivity contribution < 1.29 is 5.11 Å². The summed E-state index contributed by atoms with van der Waals surface area (Å²) in [5, 5.41) is 12.4. The van der Waals surface area contributed by atoms with Crippen LogP contribution in [0.25, 0.3) is 0 Å². The first-order valence-corrected chi connectivity index (χ1v) is 8.24. The SMILES string of the molecule is CC(C)CNCc1ccc(N2CCCC2CCCO)nc1. The Balaban J connectivity index is 1.88. The van der Waals surface area contributed by atoms with E-state index < -0.39 is 0 Å². The van der Waals surface area contributed by atoms with Crippen LogP contribution < -0.4 is 10.2 Å². The van der Waals surface area contributed by atoms with Gasteiger partial charge in [0.05, 0.1) is 0 Å². The van der Waals surface area contributed by atoms with Crippen molar-refractivity contribution in [2.24, 2.45) is 5.92 Å². The minimum Gasteiger partial charge on any atom is -0.396 e. The summed E-state index contributed by atoms with van der Waals surface area (Å²) in [7, 11) is 0. The molecule has 0 radical (unpaired) electrons. The fraction of sp³-hybridized carbons (Fsp3) is 0.706. The van der Waals surface area contributed by atoms with Crippen molar-refractivity contribution in [3.63, 3.8) is 0 Å². The smallest absolute Gasteiger partial charge is 0.128 e. The molecule has 21 heavy (non-hydrogen) atoms. The lowest BCUT2D eigenvalue weighted by Crippen LogP contribution is -2.30. The molecule has 1 fully saturated rings. The van der Waals surface area contributed by atoms with E-state index in [1.807, 2.05) is 6.20 Å². The highest BCUT2D eigenvalue weighted by Gasteiger charge is 2.24. The molecular weight excluding hydrogens is 262 g/mol. The first-order valence-electron chi connectivity index (χ1n) is 8.24. The Morgan fingerprint density at radius 2 is 2.29 bits per heavy atom. The number of pyridine rings is 1. The van der Waals surface area contributed by atoms with E-state index in [0.29, 0.717) is 12.0 Å². The molecule has 2 rings (SSSR count). The van der Waals surface area contributed by atoms with Crippen molar-refractivity contribution in [2.45, 2.75) is 52.1 Å². The van der Waals surface area contributed by atoms with E-state index >= 15 is 0 Å². The van der Waals surface area contributed by atoms with Crippen LogP contribution in [0.3, 0.4) is 0 Å². The molecule has 0 saturated carbocycles. The Kier molecular flexibility index (Phi) is 6.46. The highest BCUT2D eigenvalue weighted by atomic mass is 16.2. The van der Waals surface area contributed by atoms with Crippen molar-refractivity contribution in [1.82, 2.24) is 10.3 Å². The zero-order valence-electron chi connectivity index (χ0n) is 13.4. The van der Waals surface area contributed by atoms with Gasteiger partial charge in [0.1, 0.15) is 5.82 Å². The number of nitrogens with zero attached hydrogens (tertiary/aromatic N) is 2. The number of hydrogen-bond donors (Lipinski definition) is 2. The number of aromatic nitrogens is 1. The van der Waals surface area contributed by atoms with Gasteiger partial charge in [-0.3, -0.25) is 0 Å². The molecule has 1 aromatic rings. The molecular formula is C17H29N3O. The maximum Gasteiger partial charge on any atom is 0.128 e. The third-order valence-corrected chi connectivity index (χ3v) is 4.06. The van der Waals surface area contributed by atoms with Gasteiger partial charge in [-0.2, -0.15) is 0 Å². The maximum absolute atomic E-state index is 9.00. The monoisotopic (exact) mass is 291 g/mol. The second-order valence-corrected chi connectivity index (χ2v) is 6.40. The summed E-state index contributed by atoms with van der Waals surface area (Å²) in [6.45, 7) is 7.74. The van der Waals surface area contributed by atoms with Gasteiger partial charge in [0, 0.05) is 31.9 Å². The van der Waals surface area contributed by atoms with Crippen LogP contribution in [0.1, 0.15) is 45.1 Å². The Bertz CT molecular complexity index is 405. The van der Waals surface area contributed by atoms with Gasteiger partial charge >= 0.3 is 0 Å². The summed E-state index contributed by atoms with van der Waals surface area (Å²) >= 11 is 0. The molecule has 0 bridgehead atoms. The Labute approximate surface area is 128 Å². The number of nitrogens with one attached hydrogen (secondary N) is 1. The zero-order valence-corrected chi connectivity index (χ0v) is 13.4. The highest BCUT2D eigenvalue weighted by molar-refractivity contribution is 5.41. The number of aliphatic hydroxyl groups is 1. The number of hydrogen-bond acceptors (Lipinski definition) is 4. The molecule has 2 N–H and O–H groups in total. The Morgan fingerprint density at radius 1 is 1.43 bits per heavy atom. The Hall–Kier alpha value is -1.13. The molecule has 1 saturated heterocycles. The van der Waals surface area contributed by atoms with Crippen LogP contribution in [0.2, 0.25) is 0 Å². The molecule has 2 heterocycles. The van der Waals surface area contributed by atoms with Gasteiger partial charge in [-0.15, -0.1) is 0 Å². The first kappa shape index (κ1) is 16.2. The molecule has 4 nitrogen and oxygen atoms in total. The average Bonchev–Trinajstić information content (AvgIpc) is 2.94. The van der Waals surface area contributed by atoms with E-state index in [2.05, 4.69) is 41.2 Å². The normalized spacial score (nSPS) is 18.7. The van der Waals surface area contributed by atoms with E-state index in [1.165, 1.54) is 18.4 Å². The van der Waals surface area contributed by atoms with E-state index in [1.54, 1.807) is 0 Å². The number of anilines is 1. The number of rotatable bonds is 8. The quantitative estimate of drug-likeness (QED) is 0.773. The lowest BCUT2D eigenvalue weighted by atomic mass is 10.1. The summed E-state index contributed by atoms with van der Waals surface area (Å²) in [5.41, 5.74) is 1.24. The van der Waals surface area contributed by atoms with Crippen molar-refractivity contribution >= 4 is 5.82 Å². The summed E-state index contributed by atoms with van der Waals surface area (Å²) < 4.78 is 0. The van der Waals surface area contributed by atoms with Crippen molar-refractivity contribution in [3.05, 3.63) is 23.9 Å². The van der Waals surface area contributed by atoms with E-state index in [9.17, 15) is 0 Å². The molecule has 0 spiro atoms. The average molecular weight is 291 g/mol. The molecule has 1 aliphatic heterocycles. The van der Waals surface area contributed by atoms with Crippen molar-refractivity contribution in [1.29, 1.82) is 0 Å². The van der Waals surface area contributed by atoms with E-state index in [-0.39, 0.29) is 6.61 Å². The van der Waals surface area contributed by atoms with Crippen LogP contribution in [0.15, 0.2) is 18.3 Å². The molecule has 0 amide bonds. The minimum absolute atomic E-state index is 0.290. The van der Waals surface area contributed by atoms with Gasteiger partial charge in [-0.1, -0.05) is 19.9 Å². The molecule has 1 aliphatic rings. The van der Waals surface area contributed by atoms with Gasteiger partial charge in [0.25, 0.3) is 0 Å². The lowest BCUT2D eigenvalue weighted by molar-refractivity contribution is 0.279. The van der Waals surface area contributed by atoms with E-state index in [4.69, 9.17) is 5.11 Å². The van der Waals surface area contributed by atoms with Gasteiger partial charge in [-0.05, 0) is 49.8 Å². The standard InChI is InChI=1S/C17H29N3O/c1-14(2)11-18-12-15-7-8-17(19-13-15)20-9-3-5-16(20)6-4-10-21/h7-8,13-14,16,18,21H,3-6,9-12H2,1-2H3. The maximum atomic E-state index is 9.00. The molecule has 1 aromatic heterocycles. The second-order valence-electron chi connectivity index (χ2n) is 6.40. The van der Waals surface area contributed by atoms with Gasteiger partial charge in [0.15, 0.2) is 0 Å². The Morgan fingerprint density at radius 3 is 2.95 bits per heavy atom. The molecule has 4 heteroatoms. The predicted octanol–water partition coefficient (Wildman–Crippen LogP) is 2.57. The van der Waals surface area contributed by atoms with Gasteiger partial charge in [0.2, 0.25) is 0 Å². The molecule has 1 atom stereocenters. The van der Waals surface area contributed by atoms with Gasteiger partial charge < -0.3 is 15.3 Å². The van der Waals surface area contributed by atoms with Crippen LogP contribution >= 0.6 is 0 Å². The van der Waals surface area contributed by atoms with Crippen LogP contribution in [0.4, 0.5) is 5.82 Å². The topological polar surface area (TPSA) is 48.4 Å². The van der Waals surface area contributed by atoms with Gasteiger partial charge in [-0.25, -0.2) is 4.98 Å². The fourth-order valence-corrected chi connectivity index (χ4v) is 2.96.